The number of nitrogens with one attached hydrogen (secondary N) is 1. The Morgan fingerprint density at radius 2 is 2.00 bits per heavy atom. The first-order valence-electron chi connectivity index (χ1n) is 5.91. The van der Waals surface area contributed by atoms with E-state index in [-0.39, 0.29) is 19.6 Å². The second-order valence-electron chi connectivity index (χ2n) is 5.52. The molecule has 2 saturated heterocycles. The predicted molar refractivity (Wildman–Crippen MR) is 65.4 cm³/mol. The molecule has 8 nitrogen and oxygen atoms in total. The number of carbonyl (C=O) groups is 2. The Morgan fingerprint density at radius 3 is 2.58 bits per heavy atom. The third-order valence-corrected chi connectivity index (χ3v) is 4.34. The van der Waals surface area contributed by atoms with Crippen molar-refractivity contribution in [3.05, 3.63) is 0 Å². The lowest BCUT2D eigenvalue weighted by atomic mass is 10.2. The number of rotatable bonds is 0. The smallest absolute Gasteiger partial charge is 0.410 e. The molecule has 2 aliphatic rings. The third-order valence-electron chi connectivity index (χ3n) is 2.82. The van der Waals surface area contributed by atoms with Gasteiger partial charge in [-0.15, -0.1) is 0 Å². The second kappa shape index (κ2) is 4.34. The van der Waals surface area contributed by atoms with Crippen molar-refractivity contribution in [3.63, 3.8) is 0 Å². The van der Waals surface area contributed by atoms with Crippen LogP contribution in [-0.2, 0) is 19.7 Å². The standard InChI is InChI=1S/C10H17N3O5S/c1-10(2,3)18-9(15)12-4-5-13-7(6-12)8(14)11-19(13,16)17/h7H,4-6H2,1-3H3,(H,11,14). The summed E-state index contributed by atoms with van der Waals surface area (Å²) in [5, 5.41) is 0. The molecule has 0 aromatic rings. The molecule has 2 fully saturated rings. The van der Waals surface area contributed by atoms with Crippen LogP contribution in [0.5, 0.6) is 0 Å². The zero-order chi connectivity index (χ0) is 14.4. The van der Waals surface area contributed by atoms with Crippen LogP contribution in [0.3, 0.4) is 0 Å². The molecule has 9 heteroatoms. The topological polar surface area (TPSA) is 96.0 Å². The molecule has 0 radical (unpaired) electrons. The molecule has 1 unspecified atom stereocenters. The summed E-state index contributed by atoms with van der Waals surface area (Å²) in [5.41, 5.74) is -0.627. The van der Waals surface area contributed by atoms with Crippen molar-refractivity contribution in [1.29, 1.82) is 0 Å². The third kappa shape index (κ3) is 2.81. The van der Waals surface area contributed by atoms with Crippen LogP contribution in [-0.4, -0.2) is 60.9 Å². The van der Waals surface area contributed by atoms with Crippen molar-refractivity contribution in [2.75, 3.05) is 19.6 Å². The summed E-state index contributed by atoms with van der Waals surface area (Å²) in [6.07, 6.45) is -0.538. The molecule has 0 bridgehead atoms. The maximum absolute atomic E-state index is 11.9. The van der Waals surface area contributed by atoms with E-state index in [1.165, 1.54) is 4.90 Å². The molecule has 108 valence electrons. The molecular formula is C10H17N3O5S. The largest absolute Gasteiger partial charge is 0.444 e. The van der Waals surface area contributed by atoms with Gasteiger partial charge in [-0.25, -0.2) is 9.52 Å². The van der Waals surface area contributed by atoms with Gasteiger partial charge in [0.25, 0.3) is 5.91 Å². The monoisotopic (exact) mass is 291 g/mol. The summed E-state index contributed by atoms with van der Waals surface area (Å²) in [5.74, 6) is -0.603. The number of piperazine rings is 1. The van der Waals surface area contributed by atoms with E-state index in [2.05, 4.69) is 0 Å². The van der Waals surface area contributed by atoms with Crippen LogP contribution in [0.25, 0.3) is 0 Å². The van der Waals surface area contributed by atoms with Crippen LogP contribution < -0.4 is 4.72 Å². The summed E-state index contributed by atoms with van der Waals surface area (Å²) in [6.45, 7) is 5.54. The Bertz CT molecular complexity index is 510. The summed E-state index contributed by atoms with van der Waals surface area (Å²) in [7, 11) is -3.73. The van der Waals surface area contributed by atoms with E-state index in [9.17, 15) is 18.0 Å². The molecule has 2 aliphatic heterocycles. The van der Waals surface area contributed by atoms with Crippen LogP contribution >= 0.6 is 0 Å². The van der Waals surface area contributed by atoms with Gasteiger partial charge in [-0.2, -0.15) is 12.7 Å². The molecule has 0 saturated carbocycles. The van der Waals surface area contributed by atoms with Crippen LogP contribution in [0.4, 0.5) is 4.79 Å². The highest BCUT2D eigenvalue weighted by Crippen LogP contribution is 2.21. The molecule has 2 amide bonds. The summed E-state index contributed by atoms with van der Waals surface area (Å²) < 4.78 is 31.3. The van der Waals surface area contributed by atoms with Gasteiger partial charge in [0, 0.05) is 19.6 Å². The van der Waals surface area contributed by atoms with Crippen molar-refractivity contribution in [2.24, 2.45) is 0 Å². The van der Waals surface area contributed by atoms with Gasteiger partial charge in [0.2, 0.25) is 0 Å². The molecule has 0 aromatic carbocycles. The van der Waals surface area contributed by atoms with E-state index in [4.69, 9.17) is 4.74 Å². The summed E-state index contributed by atoms with van der Waals surface area (Å²) >= 11 is 0. The number of hydrogen-bond donors (Lipinski definition) is 1. The average Bonchev–Trinajstić information content (AvgIpc) is 2.47. The number of hydrogen-bond acceptors (Lipinski definition) is 5. The highest BCUT2D eigenvalue weighted by Gasteiger charge is 2.48. The molecule has 19 heavy (non-hydrogen) atoms. The zero-order valence-electron chi connectivity index (χ0n) is 11.0. The van der Waals surface area contributed by atoms with E-state index in [1.807, 2.05) is 4.72 Å². The van der Waals surface area contributed by atoms with E-state index in [1.54, 1.807) is 20.8 Å². The fraction of sp³-hybridized carbons (Fsp3) is 0.800. The highest BCUT2D eigenvalue weighted by atomic mass is 32.2. The normalized spacial score (nSPS) is 26.8. The van der Waals surface area contributed by atoms with Crippen molar-refractivity contribution in [3.8, 4) is 0 Å². The minimum atomic E-state index is -3.73. The van der Waals surface area contributed by atoms with Gasteiger partial charge >= 0.3 is 16.3 Å². The van der Waals surface area contributed by atoms with Gasteiger partial charge in [0.15, 0.2) is 0 Å². The maximum Gasteiger partial charge on any atom is 0.410 e. The van der Waals surface area contributed by atoms with Gasteiger partial charge in [-0.05, 0) is 20.8 Å². The Hall–Kier alpha value is -1.35. The lowest BCUT2D eigenvalue weighted by Gasteiger charge is -2.35. The van der Waals surface area contributed by atoms with Crippen LogP contribution in [0, 0.1) is 0 Å². The Kier molecular flexibility index (Phi) is 3.21. The average molecular weight is 291 g/mol. The Balaban J connectivity index is 2.07. The molecule has 2 rings (SSSR count). The summed E-state index contributed by atoms with van der Waals surface area (Å²) in [4.78, 5) is 24.8. The van der Waals surface area contributed by atoms with Crippen LogP contribution in [0.1, 0.15) is 20.8 Å². The first-order chi connectivity index (χ1) is 8.60. The number of amides is 2. The number of fused-ring (bicyclic) bond motifs is 1. The van der Waals surface area contributed by atoms with Crippen molar-refractivity contribution >= 4 is 22.2 Å². The van der Waals surface area contributed by atoms with Gasteiger partial charge in [-0.3, -0.25) is 4.79 Å². The van der Waals surface area contributed by atoms with E-state index >= 15 is 0 Å². The fourth-order valence-corrected chi connectivity index (χ4v) is 3.34. The van der Waals surface area contributed by atoms with Crippen molar-refractivity contribution < 1.29 is 22.7 Å². The number of carbonyl (C=O) groups excluding carboxylic acids is 2. The van der Waals surface area contributed by atoms with E-state index < -0.39 is 33.9 Å². The predicted octanol–water partition coefficient (Wildman–Crippen LogP) is -0.718. The molecule has 2 heterocycles. The number of ether oxygens (including phenoxy) is 1. The molecular weight excluding hydrogens is 274 g/mol. The zero-order valence-corrected chi connectivity index (χ0v) is 11.9. The Morgan fingerprint density at radius 1 is 1.37 bits per heavy atom. The molecule has 1 atom stereocenters. The SMILES string of the molecule is CC(C)(C)OC(=O)N1CCN2C(C1)C(=O)NS2(=O)=O. The number of nitrogens with zero attached hydrogens (tertiary/aromatic N) is 2. The van der Waals surface area contributed by atoms with Crippen LogP contribution in [0.2, 0.25) is 0 Å². The van der Waals surface area contributed by atoms with E-state index in [0.717, 1.165) is 4.31 Å². The quantitative estimate of drug-likeness (QED) is 0.635. The molecule has 0 spiro atoms. The summed E-state index contributed by atoms with van der Waals surface area (Å²) in [6, 6.07) is -0.855. The lowest BCUT2D eigenvalue weighted by molar-refractivity contribution is -0.122. The van der Waals surface area contributed by atoms with Crippen molar-refractivity contribution in [1.82, 2.24) is 13.9 Å². The molecule has 0 aromatic heterocycles. The second-order valence-corrected chi connectivity index (χ2v) is 7.15. The fourth-order valence-electron chi connectivity index (χ4n) is 2.01. The van der Waals surface area contributed by atoms with Gasteiger partial charge in [0.1, 0.15) is 11.6 Å². The minimum absolute atomic E-state index is 0.0139. The van der Waals surface area contributed by atoms with Gasteiger partial charge in [-0.1, -0.05) is 0 Å². The van der Waals surface area contributed by atoms with Crippen molar-refractivity contribution in [2.45, 2.75) is 32.4 Å². The first-order valence-corrected chi connectivity index (χ1v) is 7.35. The first kappa shape index (κ1) is 14.1. The lowest BCUT2D eigenvalue weighted by Crippen LogP contribution is -2.55. The van der Waals surface area contributed by atoms with Gasteiger partial charge in [0.05, 0.1) is 0 Å². The minimum Gasteiger partial charge on any atom is -0.444 e. The van der Waals surface area contributed by atoms with E-state index in [0.29, 0.717) is 0 Å². The maximum atomic E-state index is 11.9. The highest BCUT2D eigenvalue weighted by molar-refractivity contribution is 7.88. The van der Waals surface area contributed by atoms with Crippen LogP contribution in [0.15, 0.2) is 0 Å². The molecule has 1 N–H and O–H groups in total. The Labute approximate surface area is 111 Å². The van der Waals surface area contributed by atoms with Gasteiger partial charge < -0.3 is 9.64 Å². The molecule has 0 aliphatic carbocycles.